The maximum absolute atomic E-state index is 10.5. The van der Waals surface area contributed by atoms with Crippen LogP contribution < -0.4 is 5.32 Å². The zero-order chi connectivity index (χ0) is 12.1. The highest BCUT2D eigenvalue weighted by molar-refractivity contribution is 5.16. The topological polar surface area (TPSA) is 32.3 Å². The zero-order valence-electron chi connectivity index (χ0n) is 10.7. The van der Waals surface area contributed by atoms with Gasteiger partial charge in [0.1, 0.15) is 0 Å². The van der Waals surface area contributed by atoms with Gasteiger partial charge in [0.05, 0.1) is 5.60 Å². The number of nitrogens with one attached hydrogen (secondary N) is 1. The van der Waals surface area contributed by atoms with E-state index in [1.165, 1.54) is 18.4 Å². The molecule has 0 spiro atoms. The molecule has 1 fully saturated rings. The van der Waals surface area contributed by atoms with Gasteiger partial charge in [0.2, 0.25) is 0 Å². The molecule has 1 aliphatic heterocycles. The van der Waals surface area contributed by atoms with Crippen molar-refractivity contribution in [2.45, 2.75) is 38.2 Å². The first-order valence-electron chi connectivity index (χ1n) is 6.63. The quantitative estimate of drug-likeness (QED) is 0.837. The monoisotopic (exact) mass is 233 g/mol. The highest BCUT2D eigenvalue weighted by atomic mass is 16.3. The summed E-state index contributed by atoms with van der Waals surface area (Å²) in [5, 5.41) is 13.9. The molecule has 0 bridgehead atoms. The normalized spacial score (nSPS) is 21.1. The predicted octanol–water partition coefficient (Wildman–Crippen LogP) is 2.37. The lowest BCUT2D eigenvalue weighted by Crippen LogP contribution is -2.35. The molecular formula is C15H23NO. The molecular weight excluding hydrogens is 210 g/mol. The number of benzene rings is 1. The second-order valence-corrected chi connectivity index (χ2v) is 5.56. The third kappa shape index (κ3) is 4.14. The van der Waals surface area contributed by atoms with Gasteiger partial charge >= 0.3 is 0 Å². The van der Waals surface area contributed by atoms with Crippen LogP contribution in [0.15, 0.2) is 30.3 Å². The van der Waals surface area contributed by atoms with Crippen LogP contribution in [0.2, 0.25) is 0 Å². The molecule has 2 nitrogen and oxygen atoms in total. The molecule has 0 aromatic heterocycles. The molecule has 0 radical (unpaired) electrons. The Morgan fingerprint density at radius 1 is 1.24 bits per heavy atom. The fraction of sp³-hybridized carbons (Fsp3) is 0.600. The van der Waals surface area contributed by atoms with Gasteiger partial charge in [-0.1, -0.05) is 30.3 Å². The van der Waals surface area contributed by atoms with E-state index in [-0.39, 0.29) is 0 Å². The summed E-state index contributed by atoms with van der Waals surface area (Å²) < 4.78 is 0. The largest absolute Gasteiger partial charge is 0.390 e. The first kappa shape index (κ1) is 12.6. The van der Waals surface area contributed by atoms with Crippen LogP contribution in [0.5, 0.6) is 0 Å². The molecule has 1 unspecified atom stereocenters. The Bertz CT molecular complexity index is 328. The average molecular weight is 233 g/mol. The summed E-state index contributed by atoms with van der Waals surface area (Å²) in [6.45, 7) is 4.18. The summed E-state index contributed by atoms with van der Waals surface area (Å²) in [7, 11) is 0. The summed E-state index contributed by atoms with van der Waals surface area (Å²) in [5.41, 5.74) is 0.662. The van der Waals surface area contributed by atoms with E-state index in [4.69, 9.17) is 0 Å². The minimum Gasteiger partial charge on any atom is -0.390 e. The van der Waals surface area contributed by atoms with Crippen molar-refractivity contribution in [3.8, 4) is 0 Å². The van der Waals surface area contributed by atoms with Crippen LogP contribution in [0.25, 0.3) is 0 Å². The SMILES string of the molecule is CC(O)(Cc1ccccc1)CC1CCNCC1. The molecule has 0 amide bonds. The number of piperidine rings is 1. The van der Waals surface area contributed by atoms with E-state index in [1.54, 1.807) is 0 Å². The van der Waals surface area contributed by atoms with Gasteiger partial charge in [-0.05, 0) is 50.8 Å². The fourth-order valence-corrected chi connectivity index (χ4v) is 2.82. The van der Waals surface area contributed by atoms with E-state index >= 15 is 0 Å². The lowest BCUT2D eigenvalue weighted by Gasteiger charge is -2.31. The third-order valence-electron chi connectivity index (χ3n) is 3.61. The van der Waals surface area contributed by atoms with Crippen LogP contribution in [0.3, 0.4) is 0 Å². The molecule has 1 saturated heterocycles. The van der Waals surface area contributed by atoms with E-state index in [2.05, 4.69) is 17.4 Å². The van der Waals surface area contributed by atoms with E-state index in [0.717, 1.165) is 25.9 Å². The van der Waals surface area contributed by atoms with Crippen LogP contribution >= 0.6 is 0 Å². The van der Waals surface area contributed by atoms with Crippen molar-refractivity contribution in [2.75, 3.05) is 13.1 Å². The van der Waals surface area contributed by atoms with Gasteiger partial charge in [-0.2, -0.15) is 0 Å². The maximum atomic E-state index is 10.5. The van der Waals surface area contributed by atoms with Crippen LogP contribution in [-0.4, -0.2) is 23.8 Å². The average Bonchev–Trinajstić information content (AvgIpc) is 2.30. The molecule has 0 saturated carbocycles. The Hall–Kier alpha value is -0.860. The molecule has 1 atom stereocenters. The van der Waals surface area contributed by atoms with E-state index in [0.29, 0.717) is 5.92 Å². The third-order valence-corrected chi connectivity index (χ3v) is 3.61. The molecule has 1 aliphatic rings. The van der Waals surface area contributed by atoms with Gasteiger partial charge < -0.3 is 10.4 Å². The van der Waals surface area contributed by atoms with E-state index in [1.807, 2.05) is 25.1 Å². The molecule has 17 heavy (non-hydrogen) atoms. The van der Waals surface area contributed by atoms with Gasteiger partial charge in [-0.15, -0.1) is 0 Å². The smallest absolute Gasteiger partial charge is 0.0662 e. The molecule has 1 aromatic carbocycles. The van der Waals surface area contributed by atoms with Gasteiger partial charge in [-0.25, -0.2) is 0 Å². The van der Waals surface area contributed by atoms with Crippen molar-refractivity contribution in [1.29, 1.82) is 0 Å². The molecule has 2 heteroatoms. The van der Waals surface area contributed by atoms with E-state index < -0.39 is 5.60 Å². The number of hydrogen-bond donors (Lipinski definition) is 2. The summed E-state index contributed by atoms with van der Waals surface area (Å²) in [6.07, 6.45) is 4.08. The standard InChI is InChI=1S/C15H23NO/c1-15(17,11-13-5-3-2-4-6-13)12-14-7-9-16-10-8-14/h2-6,14,16-17H,7-12H2,1H3. The summed E-state index contributed by atoms with van der Waals surface area (Å²) >= 11 is 0. The Labute approximate surface area is 104 Å². The van der Waals surface area contributed by atoms with Crippen LogP contribution in [-0.2, 0) is 6.42 Å². The lowest BCUT2D eigenvalue weighted by molar-refractivity contribution is 0.0291. The molecule has 2 rings (SSSR count). The highest BCUT2D eigenvalue weighted by Gasteiger charge is 2.26. The zero-order valence-corrected chi connectivity index (χ0v) is 10.7. The van der Waals surface area contributed by atoms with Crippen molar-refractivity contribution in [3.63, 3.8) is 0 Å². The number of hydrogen-bond acceptors (Lipinski definition) is 2. The van der Waals surface area contributed by atoms with Crippen LogP contribution in [0.1, 0.15) is 31.7 Å². The molecule has 1 heterocycles. The first-order valence-corrected chi connectivity index (χ1v) is 6.63. The Morgan fingerprint density at radius 2 is 1.88 bits per heavy atom. The van der Waals surface area contributed by atoms with Crippen molar-refractivity contribution in [2.24, 2.45) is 5.92 Å². The second kappa shape index (κ2) is 5.65. The fourth-order valence-electron chi connectivity index (χ4n) is 2.82. The minimum absolute atomic E-state index is 0.566. The molecule has 1 aromatic rings. The predicted molar refractivity (Wildman–Crippen MR) is 71.0 cm³/mol. The summed E-state index contributed by atoms with van der Waals surface area (Å²) in [6, 6.07) is 10.3. The van der Waals surface area contributed by atoms with E-state index in [9.17, 15) is 5.11 Å². The number of aliphatic hydroxyl groups is 1. The minimum atomic E-state index is -0.566. The van der Waals surface area contributed by atoms with Crippen molar-refractivity contribution in [3.05, 3.63) is 35.9 Å². The summed E-state index contributed by atoms with van der Waals surface area (Å²) in [5.74, 6) is 0.676. The van der Waals surface area contributed by atoms with Crippen molar-refractivity contribution in [1.82, 2.24) is 5.32 Å². The molecule has 2 N–H and O–H groups in total. The van der Waals surface area contributed by atoms with Crippen molar-refractivity contribution < 1.29 is 5.11 Å². The summed E-state index contributed by atoms with van der Waals surface area (Å²) in [4.78, 5) is 0. The van der Waals surface area contributed by atoms with Gasteiger partial charge in [0.15, 0.2) is 0 Å². The molecule has 0 aliphatic carbocycles. The van der Waals surface area contributed by atoms with Gasteiger partial charge in [0, 0.05) is 6.42 Å². The van der Waals surface area contributed by atoms with Crippen molar-refractivity contribution >= 4 is 0 Å². The molecule has 94 valence electrons. The number of rotatable bonds is 4. The lowest BCUT2D eigenvalue weighted by atomic mass is 9.83. The maximum Gasteiger partial charge on any atom is 0.0662 e. The highest BCUT2D eigenvalue weighted by Crippen LogP contribution is 2.26. The van der Waals surface area contributed by atoms with Crippen LogP contribution in [0, 0.1) is 5.92 Å². The van der Waals surface area contributed by atoms with Gasteiger partial charge in [0.25, 0.3) is 0 Å². The first-order chi connectivity index (χ1) is 8.16. The van der Waals surface area contributed by atoms with Crippen LogP contribution in [0.4, 0.5) is 0 Å². The van der Waals surface area contributed by atoms with Gasteiger partial charge in [-0.3, -0.25) is 0 Å². The Kier molecular flexibility index (Phi) is 4.19. The Morgan fingerprint density at radius 3 is 2.53 bits per heavy atom. The Balaban J connectivity index is 1.89. The second-order valence-electron chi connectivity index (χ2n) is 5.56.